The number of likely N-dealkylation sites (tertiary alicyclic amines) is 1. The lowest BCUT2D eigenvalue weighted by Crippen LogP contribution is -2.47. The topological polar surface area (TPSA) is 91.4 Å². The van der Waals surface area contributed by atoms with E-state index in [4.69, 9.17) is 9.47 Å². The second-order valence-corrected chi connectivity index (χ2v) is 9.24. The van der Waals surface area contributed by atoms with E-state index in [9.17, 15) is 14.4 Å². The summed E-state index contributed by atoms with van der Waals surface area (Å²) >= 11 is 0. The highest BCUT2D eigenvalue weighted by Gasteiger charge is 2.37. The first-order chi connectivity index (χ1) is 18.0. The number of carbonyl (C=O) groups excluding carboxylic acids is 3. The summed E-state index contributed by atoms with van der Waals surface area (Å²) in [6.07, 6.45) is 1.49. The summed E-state index contributed by atoms with van der Waals surface area (Å²) < 4.78 is 11.2. The van der Waals surface area contributed by atoms with Crippen LogP contribution < -0.4 is 15.0 Å². The molecule has 2 aromatic rings. The molecule has 0 aliphatic carbocycles. The Morgan fingerprint density at radius 3 is 2.49 bits per heavy atom. The number of amides is 2. The van der Waals surface area contributed by atoms with Gasteiger partial charge in [-0.3, -0.25) is 14.5 Å². The number of anilines is 1. The molecule has 9 nitrogen and oxygen atoms in total. The summed E-state index contributed by atoms with van der Waals surface area (Å²) in [7, 11) is 0. The maximum atomic E-state index is 12.4. The predicted octanol–water partition coefficient (Wildman–Crippen LogP) is 2.66. The van der Waals surface area contributed by atoms with E-state index in [1.54, 1.807) is 6.92 Å². The van der Waals surface area contributed by atoms with Crippen molar-refractivity contribution in [3.05, 3.63) is 54.6 Å². The molecule has 2 aliphatic rings. The van der Waals surface area contributed by atoms with E-state index in [1.807, 2.05) is 48.5 Å². The average Bonchev–Trinajstić information content (AvgIpc) is 3.28. The van der Waals surface area contributed by atoms with Crippen LogP contribution in [0.1, 0.15) is 26.2 Å². The van der Waals surface area contributed by atoms with Crippen molar-refractivity contribution in [1.82, 2.24) is 15.1 Å². The summed E-state index contributed by atoms with van der Waals surface area (Å²) in [6.45, 7) is 6.93. The second kappa shape index (κ2) is 13.1. The van der Waals surface area contributed by atoms with Gasteiger partial charge >= 0.3 is 5.97 Å². The standard InChI is InChI=1S/C28H36N4O5/c1-2-36-28(35)24-13-14-27(34)32(24)21-26(33)29-15-8-16-30-17-19-31(20-18-30)23-11-6-7-12-25(23)37-22-9-4-3-5-10-22/h3-7,9-12,24H,2,8,13-21H2,1H3,(H,29,33). The van der Waals surface area contributed by atoms with Crippen molar-refractivity contribution in [2.45, 2.75) is 32.2 Å². The Hall–Kier alpha value is -3.59. The lowest BCUT2D eigenvalue weighted by atomic mass is 10.2. The van der Waals surface area contributed by atoms with Gasteiger partial charge in [-0.1, -0.05) is 30.3 Å². The highest BCUT2D eigenvalue weighted by Crippen LogP contribution is 2.32. The Balaban J connectivity index is 1.17. The Labute approximate surface area is 218 Å². The Morgan fingerprint density at radius 1 is 1.00 bits per heavy atom. The van der Waals surface area contributed by atoms with Crippen LogP contribution in [-0.4, -0.2) is 86.0 Å². The number of carbonyl (C=O) groups is 3. The highest BCUT2D eigenvalue weighted by atomic mass is 16.5. The van der Waals surface area contributed by atoms with Gasteiger partial charge in [-0.15, -0.1) is 0 Å². The zero-order valence-corrected chi connectivity index (χ0v) is 21.4. The number of hydrogen-bond acceptors (Lipinski definition) is 7. The summed E-state index contributed by atoms with van der Waals surface area (Å²) in [4.78, 5) is 42.7. The van der Waals surface area contributed by atoms with Gasteiger partial charge in [-0.25, -0.2) is 4.79 Å². The molecule has 0 aromatic heterocycles. The molecule has 2 aliphatic heterocycles. The lowest BCUT2D eigenvalue weighted by Gasteiger charge is -2.36. The third-order valence-electron chi connectivity index (χ3n) is 6.72. The number of esters is 1. The molecule has 9 heteroatoms. The van der Waals surface area contributed by atoms with Crippen LogP contribution in [0.4, 0.5) is 5.69 Å². The Bertz CT molecular complexity index is 1060. The van der Waals surface area contributed by atoms with E-state index < -0.39 is 12.0 Å². The fourth-order valence-corrected chi connectivity index (χ4v) is 4.79. The molecular formula is C28H36N4O5. The number of rotatable bonds is 11. The summed E-state index contributed by atoms with van der Waals surface area (Å²) in [6, 6.07) is 17.3. The van der Waals surface area contributed by atoms with Crippen LogP contribution in [0.5, 0.6) is 11.5 Å². The molecule has 1 atom stereocenters. The van der Waals surface area contributed by atoms with E-state index in [-0.39, 0.29) is 31.4 Å². The number of hydrogen-bond donors (Lipinski definition) is 1. The third kappa shape index (κ3) is 7.22. The SMILES string of the molecule is CCOC(=O)C1CCC(=O)N1CC(=O)NCCCN1CCN(c2ccccc2Oc2ccccc2)CC1. The molecule has 37 heavy (non-hydrogen) atoms. The lowest BCUT2D eigenvalue weighted by molar-refractivity contribution is -0.152. The number of para-hydroxylation sites is 3. The minimum absolute atomic E-state index is 0.106. The van der Waals surface area contributed by atoms with E-state index in [0.717, 1.165) is 56.3 Å². The van der Waals surface area contributed by atoms with Gasteiger partial charge in [0.25, 0.3) is 0 Å². The van der Waals surface area contributed by atoms with Gasteiger partial charge < -0.3 is 24.6 Å². The number of benzene rings is 2. The van der Waals surface area contributed by atoms with Crippen LogP contribution in [0.25, 0.3) is 0 Å². The molecule has 2 heterocycles. The summed E-state index contributed by atoms with van der Waals surface area (Å²) in [5.41, 5.74) is 1.09. The van der Waals surface area contributed by atoms with Crippen LogP contribution in [0.3, 0.4) is 0 Å². The van der Waals surface area contributed by atoms with E-state index in [2.05, 4.69) is 21.2 Å². The zero-order chi connectivity index (χ0) is 26.0. The smallest absolute Gasteiger partial charge is 0.328 e. The van der Waals surface area contributed by atoms with Crippen LogP contribution in [0, 0.1) is 0 Å². The van der Waals surface area contributed by atoms with Crippen molar-refractivity contribution in [3.63, 3.8) is 0 Å². The largest absolute Gasteiger partial charge is 0.464 e. The minimum Gasteiger partial charge on any atom is -0.464 e. The van der Waals surface area contributed by atoms with E-state index in [0.29, 0.717) is 13.0 Å². The second-order valence-electron chi connectivity index (χ2n) is 9.24. The van der Waals surface area contributed by atoms with Gasteiger partial charge in [0.15, 0.2) is 5.75 Å². The van der Waals surface area contributed by atoms with Crippen molar-refractivity contribution in [1.29, 1.82) is 0 Å². The average molecular weight is 509 g/mol. The molecule has 0 saturated carbocycles. The maximum absolute atomic E-state index is 12.4. The minimum atomic E-state index is -0.655. The highest BCUT2D eigenvalue weighted by molar-refractivity contribution is 5.91. The fraction of sp³-hybridized carbons (Fsp3) is 0.464. The first-order valence-electron chi connectivity index (χ1n) is 13.1. The molecule has 0 bridgehead atoms. The van der Waals surface area contributed by atoms with Gasteiger partial charge in [0.05, 0.1) is 12.3 Å². The Morgan fingerprint density at radius 2 is 1.73 bits per heavy atom. The summed E-state index contributed by atoms with van der Waals surface area (Å²) in [5, 5.41) is 2.89. The molecule has 2 fully saturated rings. The Kier molecular flexibility index (Phi) is 9.37. The number of nitrogens with zero attached hydrogens (tertiary/aromatic N) is 3. The first kappa shape index (κ1) is 26.5. The molecule has 1 unspecified atom stereocenters. The van der Waals surface area contributed by atoms with Crippen molar-refractivity contribution >= 4 is 23.5 Å². The van der Waals surface area contributed by atoms with Crippen molar-refractivity contribution in [2.75, 3.05) is 57.3 Å². The van der Waals surface area contributed by atoms with Gasteiger partial charge in [0.2, 0.25) is 11.8 Å². The van der Waals surface area contributed by atoms with Crippen molar-refractivity contribution in [2.24, 2.45) is 0 Å². The number of nitrogens with one attached hydrogen (secondary N) is 1. The van der Waals surface area contributed by atoms with E-state index >= 15 is 0 Å². The molecule has 198 valence electrons. The summed E-state index contributed by atoms with van der Waals surface area (Å²) in [5.74, 6) is 0.813. The molecule has 2 saturated heterocycles. The van der Waals surface area contributed by atoms with Crippen LogP contribution in [0.2, 0.25) is 0 Å². The monoisotopic (exact) mass is 508 g/mol. The fourth-order valence-electron chi connectivity index (χ4n) is 4.79. The van der Waals surface area contributed by atoms with Gasteiger partial charge in [0.1, 0.15) is 18.3 Å². The van der Waals surface area contributed by atoms with Crippen molar-refractivity contribution < 1.29 is 23.9 Å². The van der Waals surface area contributed by atoms with Crippen LogP contribution in [-0.2, 0) is 19.1 Å². The molecule has 4 rings (SSSR count). The molecule has 2 amide bonds. The van der Waals surface area contributed by atoms with Gasteiger partial charge in [0, 0.05) is 39.1 Å². The maximum Gasteiger partial charge on any atom is 0.328 e. The number of piperazine rings is 1. The molecular weight excluding hydrogens is 472 g/mol. The van der Waals surface area contributed by atoms with Crippen LogP contribution >= 0.6 is 0 Å². The normalized spacial score (nSPS) is 18.1. The quantitative estimate of drug-likeness (QED) is 0.369. The van der Waals surface area contributed by atoms with Gasteiger partial charge in [-0.05, 0) is 50.6 Å². The number of ether oxygens (including phenoxy) is 2. The first-order valence-corrected chi connectivity index (χ1v) is 13.1. The molecule has 0 spiro atoms. The molecule has 2 aromatic carbocycles. The predicted molar refractivity (Wildman–Crippen MR) is 141 cm³/mol. The zero-order valence-electron chi connectivity index (χ0n) is 21.4. The molecule has 0 radical (unpaired) electrons. The van der Waals surface area contributed by atoms with Crippen LogP contribution in [0.15, 0.2) is 54.6 Å². The van der Waals surface area contributed by atoms with E-state index in [1.165, 1.54) is 4.90 Å². The third-order valence-corrected chi connectivity index (χ3v) is 6.72. The van der Waals surface area contributed by atoms with Gasteiger partial charge in [-0.2, -0.15) is 0 Å². The molecule has 1 N–H and O–H groups in total. The van der Waals surface area contributed by atoms with Crippen molar-refractivity contribution in [3.8, 4) is 11.5 Å².